The number of rotatable bonds is 13. The van der Waals surface area contributed by atoms with Crippen LogP contribution in [0.4, 0.5) is 0 Å². The van der Waals surface area contributed by atoms with Crippen LogP contribution in [0.3, 0.4) is 0 Å². The molecular formula is C18H33NO3. The number of hydrogen-bond acceptors (Lipinski definition) is 2. The second-order valence-corrected chi connectivity index (χ2v) is 5.72. The standard InChI is InChI=1S/C18H33NO3/c1-4-7-8-9-10-11-12-13-14-16(15-17(20)21)18(22)19(5-2)6-3/h12-13,16H,4-11,14-15H2,1-3H3,(H,20,21)/b13-12-. The van der Waals surface area contributed by atoms with Crippen molar-refractivity contribution in [1.29, 1.82) is 0 Å². The summed E-state index contributed by atoms with van der Waals surface area (Å²) in [5.74, 6) is -1.38. The minimum Gasteiger partial charge on any atom is -0.481 e. The van der Waals surface area contributed by atoms with E-state index in [2.05, 4.69) is 13.0 Å². The van der Waals surface area contributed by atoms with E-state index in [-0.39, 0.29) is 12.3 Å². The summed E-state index contributed by atoms with van der Waals surface area (Å²) in [6, 6.07) is 0. The summed E-state index contributed by atoms with van der Waals surface area (Å²) in [6.07, 6.45) is 11.8. The number of nitrogens with zero attached hydrogens (tertiary/aromatic N) is 1. The van der Waals surface area contributed by atoms with E-state index in [0.717, 1.165) is 6.42 Å². The topological polar surface area (TPSA) is 57.6 Å². The molecule has 1 unspecified atom stereocenters. The largest absolute Gasteiger partial charge is 0.481 e. The number of carbonyl (C=O) groups excluding carboxylic acids is 1. The minimum absolute atomic E-state index is 0.0417. The molecule has 128 valence electrons. The van der Waals surface area contributed by atoms with Gasteiger partial charge in [-0.3, -0.25) is 9.59 Å². The van der Waals surface area contributed by atoms with Gasteiger partial charge in [-0.2, -0.15) is 0 Å². The summed E-state index contributed by atoms with van der Waals surface area (Å²) in [6.45, 7) is 7.31. The molecule has 0 saturated heterocycles. The summed E-state index contributed by atoms with van der Waals surface area (Å²) in [5.41, 5.74) is 0. The average Bonchev–Trinajstić information content (AvgIpc) is 2.49. The zero-order chi connectivity index (χ0) is 16.8. The van der Waals surface area contributed by atoms with Crippen molar-refractivity contribution in [1.82, 2.24) is 4.90 Å². The number of hydrogen-bond donors (Lipinski definition) is 1. The maximum absolute atomic E-state index is 12.3. The summed E-state index contributed by atoms with van der Waals surface area (Å²) >= 11 is 0. The molecule has 0 aliphatic carbocycles. The van der Waals surface area contributed by atoms with Gasteiger partial charge < -0.3 is 10.0 Å². The van der Waals surface area contributed by atoms with E-state index in [9.17, 15) is 9.59 Å². The van der Waals surface area contributed by atoms with Crippen molar-refractivity contribution in [3.05, 3.63) is 12.2 Å². The van der Waals surface area contributed by atoms with Crippen molar-refractivity contribution in [3.8, 4) is 0 Å². The molecule has 0 radical (unpaired) electrons. The van der Waals surface area contributed by atoms with Gasteiger partial charge in [0, 0.05) is 13.1 Å². The lowest BCUT2D eigenvalue weighted by atomic mass is 9.98. The van der Waals surface area contributed by atoms with Crippen LogP contribution in [-0.2, 0) is 9.59 Å². The van der Waals surface area contributed by atoms with Crippen molar-refractivity contribution >= 4 is 11.9 Å². The van der Waals surface area contributed by atoms with Gasteiger partial charge in [0.05, 0.1) is 12.3 Å². The fraction of sp³-hybridized carbons (Fsp3) is 0.778. The van der Waals surface area contributed by atoms with Gasteiger partial charge in [-0.1, -0.05) is 44.8 Å². The minimum atomic E-state index is -0.904. The first-order valence-electron chi connectivity index (χ1n) is 8.72. The Bertz CT molecular complexity index is 335. The van der Waals surface area contributed by atoms with Crippen LogP contribution < -0.4 is 0 Å². The Balaban J connectivity index is 4.24. The van der Waals surface area contributed by atoms with Gasteiger partial charge in [0.15, 0.2) is 0 Å². The van der Waals surface area contributed by atoms with Gasteiger partial charge in [0.25, 0.3) is 0 Å². The number of carbonyl (C=O) groups is 2. The van der Waals surface area contributed by atoms with Gasteiger partial charge in [-0.15, -0.1) is 0 Å². The average molecular weight is 311 g/mol. The lowest BCUT2D eigenvalue weighted by molar-refractivity contribution is -0.144. The molecule has 0 rings (SSSR count). The summed E-state index contributed by atoms with van der Waals surface area (Å²) < 4.78 is 0. The van der Waals surface area contributed by atoms with Crippen molar-refractivity contribution in [2.45, 2.75) is 72.1 Å². The number of amides is 1. The predicted octanol–water partition coefficient (Wildman–Crippen LogP) is 4.25. The maximum Gasteiger partial charge on any atom is 0.304 e. The number of unbranched alkanes of at least 4 members (excludes halogenated alkanes) is 5. The van der Waals surface area contributed by atoms with Crippen LogP contribution >= 0.6 is 0 Å². The van der Waals surface area contributed by atoms with Crippen LogP contribution in [0.15, 0.2) is 12.2 Å². The second kappa shape index (κ2) is 13.4. The maximum atomic E-state index is 12.3. The molecule has 0 aromatic heterocycles. The van der Waals surface area contributed by atoms with E-state index in [4.69, 9.17) is 5.11 Å². The fourth-order valence-electron chi connectivity index (χ4n) is 2.52. The third kappa shape index (κ3) is 9.59. The second-order valence-electron chi connectivity index (χ2n) is 5.72. The molecule has 0 heterocycles. The third-order valence-electron chi connectivity index (χ3n) is 3.91. The van der Waals surface area contributed by atoms with Crippen molar-refractivity contribution < 1.29 is 14.7 Å². The first kappa shape index (κ1) is 20.7. The Morgan fingerprint density at radius 2 is 1.64 bits per heavy atom. The highest BCUT2D eigenvalue weighted by Gasteiger charge is 2.23. The summed E-state index contributed by atoms with van der Waals surface area (Å²) in [4.78, 5) is 25.0. The highest BCUT2D eigenvalue weighted by atomic mass is 16.4. The highest BCUT2D eigenvalue weighted by molar-refractivity contribution is 5.83. The van der Waals surface area contributed by atoms with Gasteiger partial charge in [0.1, 0.15) is 0 Å². The molecule has 0 saturated carbocycles. The Morgan fingerprint density at radius 1 is 1.00 bits per heavy atom. The SMILES string of the molecule is CCCCCCC/C=C\CC(CC(=O)O)C(=O)N(CC)CC. The third-order valence-corrected chi connectivity index (χ3v) is 3.91. The first-order valence-corrected chi connectivity index (χ1v) is 8.72. The van der Waals surface area contributed by atoms with Crippen LogP contribution in [0, 0.1) is 5.92 Å². The molecule has 0 aliphatic rings. The molecule has 0 aliphatic heterocycles. The summed E-state index contributed by atoms with van der Waals surface area (Å²) in [7, 11) is 0. The van der Waals surface area contributed by atoms with Crippen molar-refractivity contribution in [2.75, 3.05) is 13.1 Å². The zero-order valence-electron chi connectivity index (χ0n) is 14.5. The van der Waals surface area contributed by atoms with Crippen LogP contribution in [0.1, 0.15) is 72.1 Å². The number of aliphatic carboxylic acids is 1. The predicted molar refractivity (Wildman–Crippen MR) is 90.8 cm³/mol. The number of carboxylic acids is 1. The Hall–Kier alpha value is -1.32. The molecule has 0 aromatic rings. The lowest BCUT2D eigenvalue weighted by Gasteiger charge is -2.23. The van der Waals surface area contributed by atoms with Crippen LogP contribution in [-0.4, -0.2) is 35.0 Å². The molecule has 1 atom stereocenters. The molecule has 1 N–H and O–H groups in total. The molecule has 0 bridgehead atoms. The Labute approximate surface area is 135 Å². The summed E-state index contributed by atoms with van der Waals surface area (Å²) in [5, 5.41) is 8.99. The molecule has 1 amide bonds. The van der Waals surface area contributed by atoms with E-state index >= 15 is 0 Å². The molecule has 4 nitrogen and oxygen atoms in total. The van der Waals surface area contributed by atoms with Gasteiger partial charge in [0.2, 0.25) is 5.91 Å². The molecule has 0 spiro atoms. The highest BCUT2D eigenvalue weighted by Crippen LogP contribution is 2.15. The zero-order valence-corrected chi connectivity index (χ0v) is 14.5. The van der Waals surface area contributed by atoms with E-state index in [1.54, 1.807) is 4.90 Å². The normalized spacial score (nSPS) is 12.5. The van der Waals surface area contributed by atoms with Crippen LogP contribution in [0.25, 0.3) is 0 Å². The van der Waals surface area contributed by atoms with Crippen molar-refractivity contribution in [3.63, 3.8) is 0 Å². The van der Waals surface area contributed by atoms with E-state index in [1.165, 1.54) is 32.1 Å². The van der Waals surface area contributed by atoms with E-state index in [1.807, 2.05) is 19.9 Å². The fourth-order valence-corrected chi connectivity index (χ4v) is 2.52. The Morgan fingerprint density at radius 3 is 2.18 bits per heavy atom. The lowest BCUT2D eigenvalue weighted by Crippen LogP contribution is -2.36. The van der Waals surface area contributed by atoms with Crippen molar-refractivity contribution in [2.24, 2.45) is 5.92 Å². The van der Waals surface area contributed by atoms with Gasteiger partial charge >= 0.3 is 5.97 Å². The van der Waals surface area contributed by atoms with Gasteiger partial charge in [-0.05, 0) is 33.1 Å². The molecule has 4 heteroatoms. The monoisotopic (exact) mass is 311 g/mol. The Kier molecular flexibility index (Phi) is 12.5. The first-order chi connectivity index (χ1) is 10.6. The molecule has 0 fully saturated rings. The van der Waals surface area contributed by atoms with Gasteiger partial charge in [-0.25, -0.2) is 0 Å². The molecule has 0 aromatic carbocycles. The number of carboxylic acid groups (broad SMARTS) is 1. The smallest absolute Gasteiger partial charge is 0.304 e. The van der Waals surface area contributed by atoms with E-state index < -0.39 is 11.9 Å². The molecular weight excluding hydrogens is 278 g/mol. The number of allylic oxidation sites excluding steroid dienone is 2. The van der Waals surface area contributed by atoms with Crippen LogP contribution in [0.2, 0.25) is 0 Å². The quantitative estimate of drug-likeness (QED) is 0.408. The molecule has 22 heavy (non-hydrogen) atoms. The van der Waals surface area contributed by atoms with E-state index in [0.29, 0.717) is 19.5 Å². The van der Waals surface area contributed by atoms with Crippen LogP contribution in [0.5, 0.6) is 0 Å².